The molecule has 3 rings (SSSR count). The smallest absolute Gasteiger partial charge is 0.248 e. The summed E-state index contributed by atoms with van der Waals surface area (Å²) in [6.07, 6.45) is 5.58. The second kappa shape index (κ2) is 5.51. The summed E-state index contributed by atoms with van der Waals surface area (Å²) >= 11 is 0. The minimum absolute atomic E-state index is 0.178. The van der Waals surface area contributed by atoms with Gasteiger partial charge >= 0.3 is 0 Å². The van der Waals surface area contributed by atoms with Gasteiger partial charge in [0.25, 0.3) is 0 Å². The molecule has 0 spiro atoms. The Bertz CT molecular complexity index is 758. The maximum absolute atomic E-state index is 12.9. The number of sulfonamides is 1. The molecule has 1 aliphatic heterocycles. The Morgan fingerprint density at radius 2 is 2.14 bits per heavy atom. The van der Waals surface area contributed by atoms with Gasteiger partial charge in [0, 0.05) is 32.3 Å². The molecule has 1 aliphatic rings. The van der Waals surface area contributed by atoms with E-state index < -0.39 is 10.0 Å². The monoisotopic (exact) mass is 324 g/mol. The molecule has 2 aromatic heterocycles. The normalized spacial score (nSPS) is 20.4. The Kier molecular flexibility index (Phi) is 3.82. The minimum atomic E-state index is -3.56. The zero-order valence-electron chi connectivity index (χ0n) is 13.0. The Morgan fingerprint density at radius 3 is 2.73 bits per heavy atom. The van der Waals surface area contributed by atoms with E-state index in [2.05, 4.69) is 10.3 Å². The van der Waals surface area contributed by atoms with Crippen LogP contribution >= 0.6 is 0 Å². The third kappa shape index (κ3) is 2.56. The van der Waals surface area contributed by atoms with E-state index >= 15 is 0 Å². The number of nitrogens with zero attached hydrogens (tertiary/aromatic N) is 4. The van der Waals surface area contributed by atoms with Crippen LogP contribution in [0.25, 0.3) is 0 Å². The Morgan fingerprint density at radius 1 is 1.36 bits per heavy atom. The summed E-state index contributed by atoms with van der Waals surface area (Å²) in [5.41, 5.74) is 1.50. The summed E-state index contributed by atoms with van der Waals surface area (Å²) in [5.74, 6) is 0.527. The summed E-state index contributed by atoms with van der Waals surface area (Å²) < 4.78 is 34.1. The highest BCUT2D eigenvalue weighted by molar-refractivity contribution is 7.89. The number of hydrogen-bond donors (Lipinski definition) is 0. The van der Waals surface area contributed by atoms with Crippen LogP contribution in [0.3, 0.4) is 0 Å². The predicted octanol–water partition coefficient (Wildman–Crippen LogP) is 1.59. The van der Waals surface area contributed by atoms with E-state index in [-0.39, 0.29) is 10.8 Å². The van der Waals surface area contributed by atoms with Crippen LogP contribution in [-0.2, 0) is 17.1 Å². The van der Waals surface area contributed by atoms with E-state index in [0.29, 0.717) is 24.5 Å². The van der Waals surface area contributed by atoms with Crippen LogP contribution in [0.15, 0.2) is 21.8 Å². The average molecular weight is 324 g/mol. The van der Waals surface area contributed by atoms with E-state index in [4.69, 9.17) is 4.52 Å². The van der Waals surface area contributed by atoms with Gasteiger partial charge in [-0.15, -0.1) is 0 Å². The first kappa shape index (κ1) is 15.2. The molecular formula is C14H20N4O3S. The summed E-state index contributed by atoms with van der Waals surface area (Å²) in [7, 11) is -1.70. The van der Waals surface area contributed by atoms with Crippen LogP contribution in [0.2, 0.25) is 0 Å². The highest BCUT2D eigenvalue weighted by atomic mass is 32.2. The van der Waals surface area contributed by atoms with Gasteiger partial charge in [-0.1, -0.05) is 5.16 Å². The van der Waals surface area contributed by atoms with Crippen molar-refractivity contribution in [2.75, 3.05) is 13.1 Å². The van der Waals surface area contributed by atoms with Crippen molar-refractivity contribution in [3.63, 3.8) is 0 Å². The van der Waals surface area contributed by atoms with E-state index in [1.807, 2.05) is 19.4 Å². The van der Waals surface area contributed by atoms with Gasteiger partial charge in [0.2, 0.25) is 10.0 Å². The molecule has 0 saturated carbocycles. The molecule has 22 heavy (non-hydrogen) atoms. The van der Waals surface area contributed by atoms with Gasteiger partial charge < -0.3 is 4.52 Å². The predicted molar refractivity (Wildman–Crippen MR) is 79.9 cm³/mol. The van der Waals surface area contributed by atoms with Gasteiger partial charge in [-0.05, 0) is 32.3 Å². The Hall–Kier alpha value is -1.67. The largest absolute Gasteiger partial charge is 0.360 e. The van der Waals surface area contributed by atoms with Crippen molar-refractivity contribution in [1.82, 2.24) is 19.2 Å². The number of hydrogen-bond acceptors (Lipinski definition) is 5. The van der Waals surface area contributed by atoms with Gasteiger partial charge in [-0.25, -0.2) is 8.42 Å². The SMILES string of the molecule is Cc1noc(C)c1S(=O)(=O)N1CCCC(c2cnn(C)c2)C1. The molecule has 1 atom stereocenters. The molecule has 0 aromatic carbocycles. The fourth-order valence-corrected chi connectivity index (χ4v) is 4.87. The van der Waals surface area contributed by atoms with Crippen molar-refractivity contribution in [1.29, 1.82) is 0 Å². The van der Waals surface area contributed by atoms with Crippen LogP contribution in [0.4, 0.5) is 0 Å². The van der Waals surface area contributed by atoms with Gasteiger partial charge in [0.15, 0.2) is 5.76 Å². The molecule has 7 nitrogen and oxygen atoms in total. The van der Waals surface area contributed by atoms with E-state index in [1.165, 1.54) is 0 Å². The lowest BCUT2D eigenvalue weighted by atomic mass is 9.94. The van der Waals surface area contributed by atoms with Gasteiger partial charge in [0.05, 0.1) is 6.20 Å². The molecule has 3 heterocycles. The summed E-state index contributed by atoms with van der Waals surface area (Å²) in [6, 6.07) is 0. The molecule has 0 aliphatic carbocycles. The third-order valence-electron chi connectivity index (χ3n) is 4.15. The molecule has 1 unspecified atom stereocenters. The Balaban J connectivity index is 1.88. The first-order valence-corrected chi connectivity index (χ1v) is 8.75. The maximum Gasteiger partial charge on any atom is 0.248 e. The lowest BCUT2D eigenvalue weighted by molar-refractivity contribution is 0.315. The molecule has 0 bridgehead atoms. The molecule has 0 amide bonds. The molecule has 8 heteroatoms. The Labute approximate surface area is 129 Å². The van der Waals surface area contributed by atoms with Crippen LogP contribution < -0.4 is 0 Å². The topological polar surface area (TPSA) is 81.2 Å². The van der Waals surface area contributed by atoms with Gasteiger partial charge in [-0.2, -0.15) is 9.40 Å². The molecule has 1 saturated heterocycles. The van der Waals surface area contributed by atoms with Crippen LogP contribution in [0, 0.1) is 13.8 Å². The summed E-state index contributed by atoms with van der Waals surface area (Å²) in [5, 5.41) is 7.94. The quantitative estimate of drug-likeness (QED) is 0.856. The van der Waals surface area contributed by atoms with Gasteiger partial charge in [0.1, 0.15) is 10.6 Å². The molecule has 1 fully saturated rings. The zero-order valence-corrected chi connectivity index (χ0v) is 13.8. The van der Waals surface area contributed by atoms with Crippen LogP contribution in [0.5, 0.6) is 0 Å². The van der Waals surface area contributed by atoms with Crippen molar-refractivity contribution < 1.29 is 12.9 Å². The average Bonchev–Trinajstić information content (AvgIpc) is 3.05. The maximum atomic E-state index is 12.9. The lowest BCUT2D eigenvalue weighted by Gasteiger charge is -2.31. The molecule has 0 N–H and O–H groups in total. The fourth-order valence-electron chi connectivity index (χ4n) is 3.06. The first-order valence-electron chi connectivity index (χ1n) is 7.31. The second-order valence-corrected chi connectivity index (χ2v) is 7.68. The number of piperidine rings is 1. The van der Waals surface area contributed by atoms with Crippen molar-refractivity contribution in [3.8, 4) is 0 Å². The van der Waals surface area contributed by atoms with Crippen LogP contribution in [-0.4, -0.2) is 40.7 Å². The molecule has 120 valence electrons. The zero-order chi connectivity index (χ0) is 15.9. The third-order valence-corrected chi connectivity index (χ3v) is 6.26. The highest BCUT2D eigenvalue weighted by Crippen LogP contribution is 2.31. The number of aryl methyl sites for hydroxylation is 3. The molecular weight excluding hydrogens is 304 g/mol. The first-order chi connectivity index (χ1) is 10.4. The van der Waals surface area contributed by atoms with E-state index in [0.717, 1.165) is 18.4 Å². The van der Waals surface area contributed by atoms with Crippen molar-refractivity contribution in [2.45, 2.75) is 37.5 Å². The molecule has 0 radical (unpaired) electrons. The minimum Gasteiger partial charge on any atom is -0.360 e. The second-order valence-electron chi connectivity index (χ2n) is 5.80. The van der Waals surface area contributed by atoms with E-state index in [1.54, 1.807) is 22.8 Å². The van der Waals surface area contributed by atoms with Crippen molar-refractivity contribution >= 4 is 10.0 Å². The summed E-state index contributed by atoms with van der Waals surface area (Å²) in [4.78, 5) is 0.208. The van der Waals surface area contributed by atoms with E-state index in [9.17, 15) is 8.42 Å². The van der Waals surface area contributed by atoms with Crippen molar-refractivity contribution in [2.24, 2.45) is 7.05 Å². The molecule has 2 aromatic rings. The van der Waals surface area contributed by atoms with Gasteiger partial charge in [-0.3, -0.25) is 4.68 Å². The lowest BCUT2D eigenvalue weighted by Crippen LogP contribution is -2.39. The standard InChI is InChI=1S/C14H20N4O3S/c1-10-14(11(2)21-16-10)22(19,20)18-6-4-5-12(9-18)13-7-15-17(3)8-13/h7-8,12H,4-6,9H2,1-3H3. The summed E-state index contributed by atoms with van der Waals surface area (Å²) in [6.45, 7) is 4.29. The van der Waals surface area contributed by atoms with Crippen molar-refractivity contribution in [3.05, 3.63) is 29.4 Å². The fraction of sp³-hybridized carbons (Fsp3) is 0.571. The highest BCUT2D eigenvalue weighted by Gasteiger charge is 2.35. The number of rotatable bonds is 3. The van der Waals surface area contributed by atoms with Crippen LogP contribution in [0.1, 0.15) is 35.8 Å². The number of aromatic nitrogens is 3.